The molecule has 2 aromatic heterocycles. The third-order valence-corrected chi connectivity index (χ3v) is 4.35. The Kier molecular flexibility index (Phi) is 4.46. The Bertz CT molecular complexity index is 624. The minimum atomic E-state index is 0.0713. The lowest BCUT2D eigenvalue weighted by Gasteiger charge is -2.36. The van der Waals surface area contributed by atoms with E-state index in [0.717, 1.165) is 38.2 Å². The van der Waals surface area contributed by atoms with E-state index in [1.165, 1.54) is 6.42 Å². The molecule has 1 atom stereocenters. The molecule has 22 heavy (non-hydrogen) atoms. The summed E-state index contributed by atoms with van der Waals surface area (Å²) in [5.41, 5.74) is 0.626. The van der Waals surface area contributed by atoms with Crippen molar-refractivity contribution >= 4 is 5.91 Å². The molecule has 1 fully saturated rings. The Morgan fingerprint density at radius 2 is 2.23 bits per heavy atom. The van der Waals surface area contributed by atoms with Gasteiger partial charge in [0.2, 0.25) is 0 Å². The van der Waals surface area contributed by atoms with Gasteiger partial charge in [0.15, 0.2) is 0 Å². The van der Waals surface area contributed by atoms with Crippen molar-refractivity contribution in [1.82, 2.24) is 24.6 Å². The largest absolute Gasteiger partial charge is 0.336 e. The summed E-state index contributed by atoms with van der Waals surface area (Å²) < 4.78 is 2.14. The van der Waals surface area contributed by atoms with Crippen LogP contribution in [-0.4, -0.2) is 43.1 Å². The summed E-state index contributed by atoms with van der Waals surface area (Å²) in [5.74, 6) is 1.09. The first-order chi connectivity index (χ1) is 10.8. The van der Waals surface area contributed by atoms with E-state index in [0.29, 0.717) is 5.56 Å². The second-order valence-electron chi connectivity index (χ2n) is 5.74. The molecule has 3 heterocycles. The zero-order valence-electron chi connectivity index (χ0n) is 12.9. The van der Waals surface area contributed by atoms with E-state index in [1.54, 1.807) is 18.5 Å². The van der Waals surface area contributed by atoms with Gasteiger partial charge < -0.3 is 9.47 Å². The number of hydrogen-bond acceptors (Lipinski definition) is 4. The lowest BCUT2D eigenvalue weighted by Crippen LogP contribution is -2.44. The number of amides is 1. The van der Waals surface area contributed by atoms with Crippen molar-refractivity contribution in [3.8, 4) is 0 Å². The number of carbonyl (C=O) groups is 1. The van der Waals surface area contributed by atoms with Crippen molar-refractivity contribution in [1.29, 1.82) is 0 Å². The summed E-state index contributed by atoms with van der Waals surface area (Å²) in [6, 6.07) is 2.03. The molecular weight excluding hydrogens is 278 g/mol. The van der Waals surface area contributed by atoms with Crippen LogP contribution in [0.1, 0.15) is 41.9 Å². The first kappa shape index (κ1) is 14.7. The first-order valence-electron chi connectivity index (χ1n) is 7.81. The fraction of sp³-hybridized carbons (Fsp3) is 0.500. The average molecular weight is 299 g/mol. The molecule has 0 aromatic carbocycles. The summed E-state index contributed by atoms with van der Waals surface area (Å²) in [6.07, 6.45) is 11.2. The van der Waals surface area contributed by atoms with Crippen molar-refractivity contribution in [3.63, 3.8) is 0 Å². The van der Waals surface area contributed by atoms with Gasteiger partial charge in [-0.05, 0) is 38.7 Å². The molecule has 0 bridgehead atoms. The van der Waals surface area contributed by atoms with Gasteiger partial charge in [-0.25, -0.2) is 4.98 Å². The molecule has 1 aliphatic heterocycles. The van der Waals surface area contributed by atoms with Crippen LogP contribution in [0.5, 0.6) is 0 Å². The molecule has 1 saturated heterocycles. The lowest BCUT2D eigenvalue weighted by atomic mass is 9.98. The third-order valence-electron chi connectivity index (χ3n) is 4.35. The standard InChI is InChI=1S/C16H21N5O/c1-13-17-8-11-20(13)10-6-15-4-2-3-9-21(15)16(22)14-5-7-18-19-12-14/h5,7-8,11-12,15H,2-4,6,9-10H2,1H3/t15-/m0/s1. The van der Waals surface area contributed by atoms with Gasteiger partial charge in [-0.2, -0.15) is 10.2 Å². The maximum absolute atomic E-state index is 12.7. The van der Waals surface area contributed by atoms with Crippen molar-refractivity contribution < 1.29 is 4.79 Å². The monoisotopic (exact) mass is 299 g/mol. The lowest BCUT2D eigenvalue weighted by molar-refractivity contribution is 0.0594. The first-order valence-corrected chi connectivity index (χ1v) is 7.81. The van der Waals surface area contributed by atoms with Crippen LogP contribution in [0.3, 0.4) is 0 Å². The van der Waals surface area contributed by atoms with Gasteiger partial charge in [-0.1, -0.05) is 0 Å². The summed E-state index contributed by atoms with van der Waals surface area (Å²) in [6.45, 7) is 3.73. The molecule has 0 radical (unpaired) electrons. The number of aryl methyl sites for hydroxylation is 2. The second kappa shape index (κ2) is 6.68. The summed E-state index contributed by atoms with van der Waals surface area (Å²) in [4.78, 5) is 18.9. The fourth-order valence-electron chi connectivity index (χ4n) is 3.08. The maximum atomic E-state index is 12.7. The Labute approximate surface area is 130 Å². The maximum Gasteiger partial charge on any atom is 0.255 e. The van der Waals surface area contributed by atoms with Gasteiger partial charge in [0, 0.05) is 31.5 Å². The van der Waals surface area contributed by atoms with Crippen molar-refractivity contribution in [2.45, 2.75) is 45.2 Å². The Balaban J connectivity index is 1.68. The van der Waals surface area contributed by atoms with Crippen LogP contribution < -0.4 is 0 Å². The average Bonchev–Trinajstić information content (AvgIpc) is 2.98. The van der Waals surface area contributed by atoms with Crippen molar-refractivity contribution in [2.24, 2.45) is 0 Å². The van der Waals surface area contributed by atoms with E-state index in [4.69, 9.17) is 0 Å². The van der Waals surface area contributed by atoms with Crippen LogP contribution in [0, 0.1) is 6.92 Å². The molecule has 0 N–H and O–H groups in total. The summed E-state index contributed by atoms with van der Waals surface area (Å²) in [7, 11) is 0. The van der Waals surface area contributed by atoms with E-state index in [2.05, 4.69) is 19.7 Å². The van der Waals surface area contributed by atoms with Crippen molar-refractivity contribution in [2.75, 3.05) is 6.54 Å². The molecule has 0 spiro atoms. The van der Waals surface area contributed by atoms with E-state index < -0.39 is 0 Å². The van der Waals surface area contributed by atoms with Crippen LogP contribution >= 0.6 is 0 Å². The van der Waals surface area contributed by atoms with E-state index in [-0.39, 0.29) is 11.9 Å². The number of rotatable bonds is 4. The van der Waals surface area contributed by atoms with Crippen LogP contribution in [0.15, 0.2) is 30.9 Å². The SMILES string of the molecule is Cc1nccn1CC[C@@H]1CCCCN1C(=O)c1ccnnc1. The Hall–Kier alpha value is -2.24. The van der Waals surface area contributed by atoms with Gasteiger partial charge in [-0.3, -0.25) is 4.79 Å². The number of hydrogen-bond donors (Lipinski definition) is 0. The highest BCUT2D eigenvalue weighted by Gasteiger charge is 2.27. The zero-order chi connectivity index (χ0) is 15.4. The van der Waals surface area contributed by atoms with Crippen molar-refractivity contribution in [3.05, 3.63) is 42.2 Å². The topological polar surface area (TPSA) is 63.9 Å². The van der Waals surface area contributed by atoms with E-state index in [9.17, 15) is 4.79 Å². The molecule has 0 aliphatic carbocycles. The normalized spacial score (nSPS) is 18.4. The molecule has 116 valence electrons. The molecule has 0 unspecified atom stereocenters. The Morgan fingerprint density at radius 1 is 1.32 bits per heavy atom. The van der Waals surface area contributed by atoms with Gasteiger partial charge in [0.25, 0.3) is 5.91 Å². The van der Waals surface area contributed by atoms with Gasteiger partial charge in [0.05, 0.1) is 18.0 Å². The van der Waals surface area contributed by atoms with Crippen LogP contribution in [0.25, 0.3) is 0 Å². The molecule has 3 rings (SSSR count). The fourth-order valence-corrected chi connectivity index (χ4v) is 3.08. The summed E-state index contributed by atoms with van der Waals surface area (Å²) >= 11 is 0. The van der Waals surface area contributed by atoms with Gasteiger partial charge >= 0.3 is 0 Å². The van der Waals surface area contributed by atoms with Gasteiger partial charge in [-0.15, -0.1) is 0 Å². The van der Waals surface area contributed by atoms with E-state index in [1.807, 2.05) is 24.2 Å². The number of imidazole rings is 1. The number of aromatic nitrogens is 4. The molecule has 0 saturated carbocycles. The van der Waals surface area contributed by atoms with Gasteiger partial charge in [0.1, 0.15) is 5.82 Å². The number of piperidine rings is 1. The quantitative estimate of drug-likeness (QED) is 0.867. The summed E-state index contributed by atoms with van der Waals surface area (Å²) in [5, 5.41) is 7.55. The molecule has 1 amide bonds. The number of nitrogens with zero attached hydrogens (tertiary/aromatic N) is 5. The molecule has 1 aliphatic rings. The predicted molar refractivity (Wildman–Crippen MR) is 82.3 cm³/mol. The molecule has 2 aromatic rings. The third kappa shape index (κ3) is 3.16. The molecule has 6 heteroatoms. The second-order valence-corrected chi connectivity index (χ2v) is 5.74. The molecular formula is C16H21N5O. The highest BCUT2D eigenvalue weighted by molar-refractivity contribution is 5.94. The predicted octanol–water partition coefficient (Wildman–Crippen LogP) is 2.07. The number of carbonyl (C=O) groups excluding carboxylic acids is 1. The highest BCUT2D eigenvalue weighted by atomic mass is 16.2. The van der Waals surface area contributed by atoms with E-state index >= 15 is 0 Å². The smallest absolute Gasteiger partial charge is 0.255 e. The highest BCUT2D eigenvalue weighted by Crippen LogP contribution is 2.22. The minimum Gasteiger partial charge on any atom is -0.336 e. The zero-order valence-corrected chi connectivity index (χ0v) is 12.9. The number of likely N-dealkylation sites (tertiary alicyclic amines) is 1. The Morgan fingerprint density at radius 3 is 2.95 bits per heavy atom. The van der Waals surface area contributed by atoms with Crippen LogP contribution in [0.2, 0.25) is 0 Å². The van der Waals surface area contributed by atoms with Crippen LogP contribution in [0.4, 0.5) is 0 Å². The minimum absolute atomic E-state index is 0.0713. The molecule has 6 nitrogen and oxygen atoms in total. The van der Waals surface area contributed by atoms with Crippen LogP contribution in [-0.2, 0) is 6.54 Å².